The first-order chi connectivity index (χ1) is 9.25. The number of phosphoric ester groups is 1. The molecule has 1 N–H and O–H groups in total. The number of hydrogen-bond acceptors (Lipinski definition) is 4. The summed E-state index contributed by atoms with van der Waals surface area (Å²) in [5.41, 5.74) is 1.48. The van der Waals surface area contributed by atoms with Crippen LogP contribution < -0.4 is 4.52 Å². The third-order valence-electron chi connectivity index (χ3n) is 2.78. The molecule has 0 fully saturated rings. The highest BCUT2D eigenvalue weighted by Gasteiger charge is 2.20. The first-order valence-electron chi connectivity index (χ1n) is 6.12. The second-order valence-corrected chi connectivity index (χ2v) is 6.12. The van der Waals surface area contributed by atoms with Gasteiger partial charge in [0.2, 0.25) is 0 Å². The monoisotopic (exact) mass is 298 g/mol. The van der Waals surface area contributed by atoms with E-state index in [2.05, 4.69) is 11.1 Å². The Morgan fingerprint density at radius 2 is 1.95 bits per heavy atom. The van der Waals surface area contributed by atoms with Crippen molar-refractivity contribution < 1.29 is 23.3 Å². The van der Waals surface area contributed by atoms with Crippen molar-refractivity contribution in [1.82, 2.24) is 0 Å². The fourth-order valence-corrected chi connectivity index (χ4v) is 2.19. The molecule has 1 rings (SSSR count). The number of carbonyl (C=O) groups is 1. The predicted molar refractivity (Wildman–Crippen MR) is 76.6 cm³/mol. The quantitative estimate of drug-likeness (QED) is 0.618. The summed E-state index contributed by atoms with van der Waals surface area (Å²) in [7, 11) is -2.94. The lowest BCUT2D eigenvalue weighted by Crippen LogP contribution is -2.14. The lowest BCUT2D eigenvalue weighted by Gasteiger charge is -2.12. The molecule has 0 aliphatic rings. The number of benzene rings is 1. The van der Waals surface area contributed by atoms with E-state index in [-0.39, 0.29) is 17.5 Å². The molecule has 0 amide bonds. The third-order valence-corrected chi connectivity index (χ3v) is 3.69. The Kier molecular flexibility index (Phi) is 5.69. The van der Waals surface area contributed by atoms with Gasteiger partial charge in [-0.05, 0) is 36.6 Å². The molecular weight excluding hydrogens is 279 g/mol. The topological polar surface area (TPSA) is 72.8 Å². The SMILES string of the molecule is C=C(C)C(=O)C(C)Cc1ccc(OP(=O)(O)OC)cc1. The van der Waals surface area contributed by atoms with Crippen LogP contribution in [0.1, 0.15) is 19.4 Å². The number of ketones is 1. The molecular formula is C14H19O5P. The van der Waals surface area contributed by atoms with Crippen molar-refractivity contribution in [2.24, 2.45) is 5.92 Å². The normalized spacial score (nSPS) is 15.2. The van der Waals surface area contributed by atoms with Crippen LogP contribution >= 0.6 is 7.82 Å². The summed E-state index contributed by atoms with van der Waals surface area (Å²) in [4.78, 5) is 20.9. The molecule has 1 aromatic carbocycles. The Labute approximate surface area is 118 Å². The molecule has 0 aliphatic carbocycles. The van der Waals surface area contributed by atoms with Crippen molar-refractivity contribution in [3.8, 4) is 5.75 Å². The molecule has 20 heavy (non-hydrogen) atoms. The van der Waals surface area contributed by atoms with Crippen LogP contribution in [-0.4, -0.2) is 17.8 Å². The highest BCUT2D eigenvalue weighted by atomic mass is 31.2. The Hall–Kier alpha value is -1.42. The Bertz CT molecular complexity index is 535. The van der Waals surface area contributed by atoms with Gasteiger partial charge in [0.15, 0.2) is 5.78 Å². The molecule has 0 saturated heterocycles. The fraction of sp³-hybridized carbons (Fsp3) is 0.357. The molecule has 0 heterocycles. The maximum absolute atomic E-state index is 11.7. The van der Waals surface area contributed by atoms with Crippen molar-refractivity contribution >= 4 is 13.6 Å². The van der Waals surface area contributed by atoms with Gasteiger partial charge < -0.3 is 4.52 Å². The van der Waals surface area contributed by atoms with Gasteiger partial charge in [-0.25, -0.2) is 4.57 Å². The van der Waals surface area contributed by atoms with Gasteiger partial charge in [0.1, 0.15) is 5.75 Å². The van der Waals surface area contributed by atoms with Crippen LogP contribution in [-0.2, 0) is 20.3 Å². The largest absolute Gasteiger partial charge is 0.527 e. The molecule has 6 heteroatoms. The summed E-state index contributed by atoms with van der Waals surface area (Å²) in [5.74, 6) is 0.118. The van der Waals surface area contributed by atoms with Crippen molar-refractivity contribution in [3.63, 3.8) is 0 Å². The number of hydrogen-bond donors (Lipinski definition) is 1. The Morgan fingerprint density at radius 3 is 2.40 bits per heavy atom. The van der Waals surface area contributed by atoms with Gasteiger partial charge >= 0.3 is 7.82 Å². The van der Waals surface area contributed by atoms with Crippen LogP contribution in [0, 0.1) is 5.92 Å². The molecule has 2 atom stereocenters. The summed E-state index contributed by atoms with van der Waals surface area (Å²) in [6, 6.07) is 6.62. The molecule has 5 nitrogen and oxygen atoms in total. The fourth-order valence-electron chi connectivity index (χ4n) is 1.72. The zero-order valence-electron chi connectivity index (χ0n) is 11.8. The molecule has 0 aromatic heterocycles. The van der Waals surface area contributed by atoms with E-state index in [0.29, 0.717) is 12.0 Å². The van der Waals surface area contributed by atoms with Crippen molar-refractivity contribution in [1.29, 1.82) is 0 Å². The Balaban J connectivity index is 2.70. The highest BCUT2D eigenvalue weighted by molar-refractivity contribution is 7.47. The predicted octanol–water partition coefficient (Wildman–Crippen LogP) is 3.14. The average molecular weight is 298 g/mol. The van der Waals surface area contributed by atoms with Crippen molar-refractivity contribution in [2.75, 3.05) is 7.11 Å². The molecule has 1 aromatic rings. The number of allylic oxidation sites excluding steroid dienone is 1. The van der Waals surface area contributed by atoms with Crippen LogP contribution in [0.4, 0.5) is 0 Å². The van der Waals surface area contributed by atoms with Gasteiger partial charge in [-0.2, -0.15) is 0 Å². The zero-order valence-corrected chi connectivity index (χ0v) is 12.7. The van der Waals surface area contributed by atoms with Crippen molar-refractivity contribution in [3.05, 3.63) is 42.0 Å². The number of carbonyl (C=O) groups excluding carboxylic acids is 1. The summed E-state index contributed by atoms with van der Waals surface area (Å²) in [5, 5.41) is 0. The summed E-state index contributed by atoms with van der Waals surface area (Å²) in [6.07, 6.45) is 0.576. The maximum Gasteiger partial charge on any atom is 0.527 e. The lowest BCUT2D eigenvalue weighted by atomic mass is 9.94. The van der Waals surface area contributed by atoms with Gasteiger partial charge in [0.05, 0.1) is 0 Å². The minimum absolute atomic E-state index is 0.0320. The van der Waals surface area contributed by atoms with E-state index in [9.17, 15) is 14.3 Å². The lowest BCUT2D eigenvalue weighted by molar-refractivity contribution is -0.118. The molecule has 0 aliphatic heterocycles. The average Bonchev–Trinajstić information content (AvgIpc) is 2.39. The van der Waals surface area contributed by atoms with Crippen LogP contribution in [0.5, 0.6) is 5.75 Å². The van der Waals surface area contributed by atoms with E-state index in [1.54, 1.807) is 31.2 Å². The molecule has 0 bridgehead atoms. The minimum Gasteiger partial charge on any atom is -0.404 e. The number of rotatable bonds is 7. The summed E-state index contributed by atoms with van der Waals surface area (Å²) < 4.78 is 20.4. The molecule has 0 saturated carbocycles. The van der Waals surface area contributed by atoms with Gasteiger partial charge in [-0.1, -0.05) is 25.6 Å². The Morgan fingerprint density at radius 1 is 1.40 bits per heavy atom. The van der Waals surface area contributed by atoms with E-state index < -0.39 is 7.82 Å². The minimum atomic E-state index is -4.03. The van der Waals surface area contributed by atoms with Crippen LogP contribution in [0.25, 0.3) is 0 Å². The van der Waals surface area contributed by atoms with E-state index in [1.165, 1.54) is 0 Å². The van der Waals surface area contributed by atoms with Crippen LogP contribution in [0.2, 0.25) is 0 Å². The summed E-state index contributed by atoms with van der Waals surface area (Å²) in [6.45, 7) is 7.17. The van der Waals surface area contributed by atoms with Gasteiger partial charge in [-0.15, -0.1) is 0 Å². The molecule has 0 radical (unpaired) electrons. The first kappa shape index (κ1) is 16.6. The van der Waals surface area contributed by atoms with E-state index >= 15 is 0 Å². The standard InChI is InChI=1S/C14H19O5P/c1-10(2)14(15)11(3)9-12-5-7-13(8-6-12)19-20(16,17)18-4/h5-8,11H,1,9H2,2-4H3,(H,16,17). The van der Waals surface area contributed by atoms with Gasteiger partial charge in [0, 0.05) is 13.0 Å². The second-order valence-electron chi connectivity index (χ2n) is 4.64. The summed E-state index contributed by atoms with van der Waals surface area (Å²) >= 11 is 0. The van der Waals surface area contributed by atoms with E-state index in [1.807, 2.05) is 6.92 Å². The smallest absolute Gasteiger partial charge is 0.404 e. The van der Waals surface area contributed by atoms with Gasteiger partial charge in [0.25, 0.3) is 0 Å². The molecule has 110 valence electrons. The number of phosphoric acid groups is 1. The first-order valence-corrected chi connectivity index (χ1v) is 7.61. The highest BCUT2D eigenvalue weighted by Crippen LogP contribution is 2.42. The van der Waals surface area contributed by atoms with Crippen LogP contribution in [0.3, 0.4) is 0 Å². The maximum atomic E-state index is 11.7. The molecule has 2 unspecified atom stereocenters. The van der Waals surface area contributed by atoms with E-state index in [0.717, 1.165) is 12.7 Å². The van der Waals surface area contributed by atoms with Gasteiger partial charge in [-0.3, -0.25) is 14.2 Å². The van der Waals surface area contributed by atoms with Crippen molar-refractivity contribution in [2.45, 2.75) is 20.3 Å². The second kappa shape index (κ2) is 6.84. The zero-order chi connectivity index (χ0) is 15.3. The third kappa shape index (κ3) is 4.93. The van der Waals surface area contributed by atoms with E-state index in [4.69, 9.17) is 4.52 Å². The number of Topliss-reactive ketones (excluding diaryl/α,β-unsaturated/α-hetero) is 1. The molecule has 0 spiro atoms. The van der Waals surface area contributed by atoms with Crippen LogP contribution in [0.15, 0.2) is 36.4 Å².